The van der Waals surface area contributed by atoms with Gasteiger partial charge < -0.3 is 0 Å². The summed E-state index contributed by atoms with van der Waals surface area (Å²) in [5, 5.41) is 0. The van der Waals surface area contributed by atoms with E-state index in [1.165, 1.54) is 51.0 Å². The van der Waals surface area contributed by atoms with Crippen LogP contribution < -0.4 is 0 Å². The molecule has 0 N–H and O–H groups in total. The van der Waals surface area contributed by atoms with Gasteiger partial charge in [0.25, 0.3) is 0 Å². The maximum absolute atomic E-state index is 2.84. The Morgan fingerprint density at radius 2 is 1.48 bits per heavy atom. The zero-order valence-corrected chi connectivity index (χ0v) is 14.9. The molecule has 0 saturated carbocycles. The molecule has 6 rings (SSSR count). The number of rotatable bonds is 4. The average Bonchev–Trinajstić information content (AvgIpc) is 3.11. The van der Waals surface area contributed by atoms with Crippen molar-refractivity contribution < 1.29 is 0 Å². The summed E-state index contributed by atoms with van der Waals surface area (Å²) in [5.74, 6) is 1.60. The van der Waals surface area contributed by atoms with Gasteiger partial charge in [-0.25, -0.2) is 0 Å². The Kier molecular flexibility index (Phi) is 4.11. The minimum absolute atomic E-state index is 0.685. The fraction of sp³-hybridized carbons (Fsp3) is 0.478. The first-order valence-electron chi connectivity index (χ1n) is 9.97. The Balaban J connectivity index is 1.40. The highest BCUT2D eigenvalue weighted by Crippen LogP contribution is 2.46. The quantitative estimate of drug-likeness (QED) is 0.840. The van der Waals surface area contributed by atoms with E-state index in [9.17, 15) is 0 Å². The zero-order valence-electron chi connectivity index (χ0n) is 14.9. The molecule has 4 aliphatic rings. The standard InChI is InChI=1S/C23H28N2/c1-3-7-18(8-4-1)11-14-25-17-21(19-9-5-2-6-10-19)23-22(25)20-12-15-24(23)16-13-20/h1-10,20-23H,11-17H2/t21-,22+,23+/m0/s1. The van der Waals surface area contributed by atoms with E-state index in [1.54, 1.807) is 5.56 Å². The van der Waals surface area contributed by atoms with E-state index in [-0.39, 0.29) is 0 Å². The summed E-state index contributed by atoms with van der Waals surface area (Å²) >= 11 is 0. The van der Waals surface area contributed by atoms with Gasteiger partial charge in [0.15, 0.2) is 0 Å². The Bertz CT molecular complexity index is 691. The van der Waals surface area contributed by atoms with Crippen molar-refractivity contribution in [1.29, 1.82) is 0 Å². The van der Waals surface area contributed by atoms with Crippen LogP contribution in [-0.4, -0.2) is 48.1 Å². The molecule has 2 heteroatoms. The second-order valence-corrected chi connectivity index (χ2v) is 8.10. The minimum Gasteiger partial charge on any atom is -0.298 e. The molecule has 0 aliphatic carbocycles. The molecule has 3 atom stereocenters. The molecule has 4 fully saturated rings. The lowest BCUT2D eigenvalue weighted by Gasteiger charge is -2.51. The van der Waals surface area contributed by atoms with Gasteiger partial charge in [0, 0.05) is 31.1 Å². The number of benzene rings is 2. The van der Waals surface area contributed by atoms with E-state index in [0.717, 1.165) is 18.0 Å². The third kappa shape index (κ3) is 2.82. The highest BCUT2D eigenvalue weighted by molar-refractivity contribution is 5.27. The number of piperidine rings is 3. The normalized spacial score (nSPS) is 34.2. The van der Waals surface area contributed by atoms with Gasteiger partial charge >= 0.3 is 0 Å². The topological polar surface area (TPSA) is 6.48 Å². The first kappa shape index (κ1) is 15.6. The van der Waals surface area contributed by atoms with Gasteiger partial charge in [-0.2, -0.15) is 0 Å². The van der Waals surface area contributed by atoms with Crippen molar-refractivity contribution in [3.63, 3.8) is 0 Å². The average molecular weight is 332 g/mol. The summed E-state index contributed by atoms with van der Waals surface area (Å²) in [4.78, 5) is 5.65. The largest absolute Gasteiger partial charge is 0.298 e. The number of nitrogens with zero attached hydrogens (tertiary/aromatic N) is 2. The minimum atomic E-state index is 0.685. The maximum Gasteiger partial charge on any atom is 0.0335 e. The number of hydrogen-bond acceptors (Lipinski definition) is 2. The third-order valence-electron chi connectivity index (χ3n) is 6.85. The molecular weight excluding hydrogens is 304 g/mol. The van der Waals surface area contributed by atoms with Gasteiger partial charge in [-0.1, -0.05) is 60.7 Å². The highest BCUT2D eigenvalue weighted by Gasteiger charge is 2.52. The molecule has 0 radical (unpaired) electrons. The molecule has 4 saturated heterocycles. The van der Waals surface area contributed by atoms with Crippen LogP contribution in [0.15, 0.2) is 60.7 Å². The van der Waals surface area contributed by atoms with Crippen molar-refractivity contribution in [1.82, 2.24) is 9.80 Å². The molecular formula is C23H28N2. The van der Waals surface area contributed by atoms with Gasteiger partial charge in [-0.15, -0.1) is 0 Å². The van der Waals surface area contributed by atoms with Crippen LogP contribution in [0.2, 0.25) is 0 Å². The summed E-state index contributed by atoms with van der Waals surface area (Å²) in [7, 11) is 0. The molecule has 2 aromatic carbocycles. The van der Waals surface area contributed by atoms with E-state index in [4.69, 9.17) is 0 Å². The van der Waals surface area contributed by atoms with Crippen LogP contribution in [0.4, 0.5) is 0 Å². The molecule has 130 valence electrons. The summed E-state index contributed by atoms with van der Waals surface area (Å²) in [6.45, 7) is 5.08. The maximum atomic E-state index is 2.84. The van der Waals surface area contributed by atoms with Crippen LogP contribution in [0.1, 0.15) is 29.9 Å². The van der Waals surface area contributed by atoms with Gasteiger partial charge in [-0.3, -0.25) is 9.80 Å². The smallest absolute Gasteiger partial charge is 0.0335 e. The van der Waals surface area contributed by atoms with Crippen molar-refractivity contribution in [2.75, 3.05) is 26.2 Å². The molecule has 2 nitrogen and oxygen atoms in total. The monoisotopic (exact) mass is 332 g/mol. The van der Waals surface area contributed by atoms with E-state index in [1.807, 2.05) is 0 Å². The number of fused-ring (bicyclic) bond motifs is 2. The first-order valence-corrected chi connectivity index (χ1v) is 9.97. The van der Waals surface area contributed by atoms with Crippen molar-refractivity contribution in [2.45, 2.75) is 37.3 Å². The second kappa shape index (κ2) is 6.59. The molecule has 4 aliphatic heterocycles. The molecule has 2 aromatic rings. The van der Waals surface area contributed by atoms with Crippen LogP contribution in [0.25, 0.3) is 0 Å². The van der Waals surface area contributed by atoms with E-state index in [0.29, 0.717) is 5.92 Å². The van der Waals surface area contributed by atoms with E-state index >= 15 is 0 Å². The lowest BCUT2D eigenvalue weighted by Crippen LogP contribution is -2.60. The van der Waals surface area contributed by atoms with Crippen LogP contribution in [0.5, 0.6) is 0 Å². The molecule has 25 heavy (non-hydrogen) atoms. The van der Waals surface area contributed by atoms with Gasteiger partial charge in [0.1, 0.15) is 0 Å². The summed E-state index contributed by atoms with van der Waals surface area (Å²) in [5.41, 5.74) is 3.02. The highest BCUT2D eigenvalue weighted by atomic mass is 15.3. The predicted octanol–water partition coefficient (Wildman–Crippen LogP) is 3.79. The van der Waals surface area contributed by atoms with E-state index in [2.05, 4.69) is 70.5 Å². The summed E-state index contributed by atoms with van der Waals surface area (Å²) in [6, 6.07) is 23.8. The molecule has 0 aromatic heterocycles. The summed E-state index contributed by atoms with van der Waals surface area (Å²) in [6.07, 6.45) is 3.99. The fourth-order valence-electron chi connectivity index (χ4n) is 5.70. The SMILES string of the molecule is c1ccc(CCN2C[C@@H](c3ccccc3)[C@@H]3[C@H]2C2CCN3CC2)cc1. The van der Waals surface area contributed by atoms with Crippen molar-refractivity contribution in [2.24, 2.45) is 5.92 Å². The first-order chi connectivity index (χ1) is 12.4. The van der Waals surface area contributed by atoms with Gasteiger partial charge in [0.05, 0.1) is 0 Å². The van der Waals surface area contributed by atoms with Gasteiger partial charge in [-0.05, 0) is 49.4 Å². The predicted molar refractivity (Wildman–Crippen MR) is 103 cm³/mol. The molecule has 0 spiro atoms. The van der Waals surface area contributed by atoms with Crippen LogP contribution in [-0.2, 0) is 6.42 Å². The molecule has 2 bridgehead atoms. The van der Waals surface area contributed by atoms with Crippen molar-refractivity contribution >= 4 is 0 Å². The molecule has 4 heterocycles. The Hall–Kier alpha value is -1.64. The van der Waals surface area contributed by atoms with E-state index < -0.39 is 0 Å². The van der Waals surface area contributed by atoms with Crippen molar-refractivity contribution in [3.05, 3.63) is 71.8 Å². The Morgan fingerprint density at radius 1 is 0.800 bits per heavy atom. The lowest BCUT2D eigenvalue weighted by atomic mass is 9.75. The Morgan fingerprint density at radius 3 is 2.20 bits per heavy atom. The van der Waals surface area contributed by atoms with Crippen LogP contribution in [0, 0.1) is 5.92 Å². The van der Waals surface area contributed by atoms with Gasteiger partial charge in [0.2, 0.25) is 0 Å². The summed E-state index contributed by atoms with van der Waals surface area (Å²) < 4.78 is 0. The van der Waals surface area contributed by atoms with Crippen LogP contribution in [0.3, 0.4) is 0 Å². The lowest BCUT2D eigenvalue weighted by molar-refractivity contribution is -0.00617. The third-order valence-corrected chi connectivity index (χ3v) is 6.85. The Labute approximate surface area is 151 Å². The number of likely N-dealkylation sites (tertiary alicyclic amines) is 1. The number of hydrogen-bond donors (Lipinski definition) is 0. The second-order valence-electron chi connectivity index (χ2n) is 8.10. The van der Waals surface area contributed by atoms with Crippen LogP contribution >= 0.6 is 0 Å². The zero-order chi connectivity index (χ0) is 16.6. The fourth-order valence-corrected chi connectivity index (χ4v) is 5.70. The molecule has 0 unspecified atom stereocenters. The molecule has 0 amide bonds. The van der Waals surface area contributed by atoms with Crippen molar-refractivity contribution in [3.8, 4) is 0 Å².